The summed E-state index contributed by atoms with van der Waals surface area (Å²) in [6.45, 7) is 0.911. The van der Waals surface area contributed by atoms with E-state index in [0.717, 1.165) is 39.8 Å². The van der Waals surface area contributed by atoms with Gasteiger partial charge in [0.2, 0.25) is 6.79 Å². The van der Waals surface area contributed by atoms with E-state index < -0.39 is 0 Å². The van der Waals surface area contributed by atoms with E-state index in [1.54, 1.807) is 7.11 Å². The van der Waals surface area contributed by atoms with Crippen LogP contribution in [0.2, 0.25) is 0 Å². The molecule has 136 valence electrons. The maximum atomic E-state index is 12.6. The molecule has 0 amide bonds. The van der Waals surface area contributed by atoms with Gasteiger partial charge in [-0.15, -0.1) is 0 Å². The highest BCUT2D eigenvalue weighted by atomic mass is 16.7. The largest absolute Gasteiger partial charge is 0.493 e. The highest BCUT2D eigenvalue weighted by Crippen LogP contribution is 2.53. The average molecular weight is 364 g/mol. The Morgan fingerprint density at radius 1 is 1.04 bits per heavy atom. The summed E-state index contributed by atoms with van der Waals surface area (Å²) < 4.78 is 28.4. The predicted octanol–water partition coefficient (Wildman–Crippen LogP) is 2.85. The van der Waals surface area contributed by atoms with Crippen molar-refractivity contribution >= 4 is 11.5 Å². The number of esters is 1. The quantitative estimate of drug-likeness (QED) is 0.725. The van der Waals surface area contributed by atoms with Gasteiger partial charge in [-0.05, 0) is 35.7 Å². The summed E-state index contributed by atoms with van der Waals surface area (Å²) in [5.41, 5.74) is 5.49. The number of cyclic esters (lactones) is 1. The first kappa shape index (κ1) is 15.0. The predicted molar refractivity (Wildman–Crippen MR) is 94.1 cm³/mol. The number of rotatable bonds is 1. The molecule has 4 aliphatic rings. The molecule has 3 aliphatic heterocycles. The third kappa shape index (κ3) is 1.87. The first-order chi connectivity index (χ1) is 13.3. The topological polar surface area (TPSA) is 63.2 Å². The van der Waals surface area contributed by atoms with E-state index in [4.69, 9.17) is 23.7 Å². The van der Waals surface area contributed by atoms with Crippen LogP contribution >= 0.6 is 0 Å². The fourth-order valence-corrected chi connectivity index (χ4v) is 4.56. The van der Waals surface area contributed by atoms with Crippen molar-refractivity contribution in [1.29, 1.82) is 0 Å². The van der Waals surface area contributed by atoms with Crippen LogP contribution in [0.4, 0.5) is 0 Å². The molecule has 0 unspecified atom stereocenters. The zero-order valence-electron chi connectivity index (χ0n) is 14.7. The van der Waals surface area contributed by atoms with Gasteiger partial charge in [0.05, 0.1) is 19.3 Å². The smallest absolute Gasteiger partial charge is 0.335 e. The first-order valence-corrected chi connectivity index (χ1v) is 8.92. The van der Waals surface area contributed by atoms with Crippen LogP contribution in [0, 0.1) is 5.92 Å². The van der Waals surface area contributed by atoms with Crippen LogP contribution < -0.4 is 18.9 Å². The molecule has 0 radical (unpaired) electrons. The molecule has 0 bridgehead atoms. The Bertz CT molecular complexity index is 1050. The van der Waals surface area contributed by atoms with E-state index in [2.05, 4.69) is 6.07 Å². The minimum Gasteiger partial charge on any atom is -0.493 e. The van der Waals surface area contributed by atoms with Gasteiger partial charge in [-0.1, -0.05) is 6.07 Å². The molecule has 0 aromatic heterocycles. The Morgan fingerprint density at radius 2 is 1.96 bits per heavy atom. The monoisotopic (exact) mass is 364 g/mol. The van der Waals surface area contributed by atoms with Gasteiger partial charge in [-0.2, -0.15) is 0 Å². The minimum absolute atomic E-state index is 0.0533. The van der Waals surface area contributed by atoms with Crippen molar-refractivity contribution in [1.82, 2.24) is 0 Å². The number of carbonyl (C=O) groups is 1. The van der Waals surface area contributed by atoms with Gasteiger partial charge < -0.3 is 23.7 Å². The van der Waals surface area contributed by atoms with Crippen LogP contribution in [0.25, 0.3) is 5.57 Å². The summed E-state index contributed by atoms with van der Waals surface area (Å²) in [7, 11) is 1.62. The van der Waals surface area contributed by atoms with Crippen LogP contribution in [0.1, 0.15) is 22.3 Å². The van der Waals surface area contributed by atoms with E-state index in [1.165, 1.54) is 0 Å². The SMILES string of the molecule is COc1ccc2c3c1OCc1c(ccc4c1OCO4)C3=C1C(=O)OC[C@H]1C2. The number of methoxy groups -OCH3 is 1. The summed E-state index contributed by atoms with van der Waals surface area (Å²) in [5, 5.41) is 0. The molecule has 3 heterocycles. The molecule has 6 nitrogen and oxygen atoms in total. The number of ether oxygens (including phenoxy) is 5. The molecule has 2 aromatic carbocycles. The number of hydrogen-bond acceptors (Lipinski definition) is 6. The van der Waals surface area contributed by atoms with Crippen LogP contribution in [0.15, 0.2) is 29.8 Å². The van der Waals surface area contributed by atoms with E-state index >= 15 is 0 Å². The fourth-order valence-electron chi connectivity index (χ4n) is 4.56. The second kappa shape index (κ2) is 5.19. The average Bonchev–Trinajstić information content (AvgIpc) is 3.27. The Balaban J connectivity index is 1.73. The number of carbonyl (C=O) groups excluding carboxylic acids is 1. The van der Waals surface area contributed by atoms with Gasteiger partial charge in [0.1, 0.15) is 6.61 Å². The van der Waals surface area contributed by atoms with Crippen molar-refractivity contribution in [2.75, 3.05) is 20.5 Å². The molecule has 1 atom stereocenters. The van der Waals surface area contributed by atoms with E-state index in [9.17, 15) is 4.79 Å². The van der Waals surface area contributed by atoms with Crippen LogP contribution in [-0.2, 0) is 22.6 Å². The molecular weight excluding hydrogens is 348 g/mol. The summed E-state index contributed by atoms with van der Waals surface area (Å²) >= 11 is 0. The lowest BCUT2D eigenvalue weighted by molar-refractivity contribution is -0.135. The summed E-state index contributed by atoms with van der Waals surface area (Å²) in [5.74, 6) is 2.50. The van der Waals surface area contributed by atoms with Gasteiger partial charge in [0, 0.05) is 22.6 Å². The zero-order chi connectivity index (χ0) is 18.1. The number of benzene rings is 2. The summed E-state index contributed by atoms with van der Waals surface area (Å²) in [6.07, 6.45) is 0.750. The second-order valence-electron chi connectivity index (χ2n) is 7.03. The van der Waals surface area contributed by atoms with Gasteiger partial charge in [-0.25, -0.2) is 4.79 Å². The van der Waals surface area contributed by atoms with Gasteiger partial charge in [-0.3, -0.25) is 0 Å². The van der Waals surface area contributed by atoms with E-state index in [1.807, 2.05) is 18.2 Å². The van der Waals surface area contributed by atoms with Crippen molar-refractivity contribution in [3.05, 3.63) is 52.1 Å². The van der Waals surface area contributed by atoms with Crippen molar-refractivity contribution in [3.8, 4) is 23.0 Å². The molecule has 6 rings (SSSR count). The maximum absolute atomic E-state index is 12.6. The molecule has 1 aliphatic carbocycles. The van der Waals surface area contributed by atoms with Crippen molar-refractivity contribution < 1.29 is 28.5 Å². The third-order valence-electron chi connectivity index (χ3n) is 5.73. The minimum atomic E-state index is -0.250. The standard InChI is InChI=1S/C21H16O6/c1-23-14-4-2-10-6-11-7-25-21(22)17(11)18-12-3-5-15-19(27-9-26-15)13(12)8-24-20(14)16(10)18/h2-5,11H,6-9H2,1H3/t11-/m1/s1. The molecule has 1 saturated heterocycles. The lowest BCUT2D eigenvalue weighted by Gasteiger charge is -2.25. The lowest BCUT2D eigenvalue weighted by atomic mass is 9.76. The molecule has 0 saturated carbocycles. The number of fused-ring (bicyclic) bond motifs is 5. The number of hydrogen-bond donors (Lipinski definition) is 0. The third-order valence-corrected chi connectivity index (χ3v) is 5.73. The fraction of sp³-hybridized carbons (Fsp3) is 0.286. The molecular formula is C21H16O6. The van der Waals surface area contributed by atoms with Crippen LogP contribution in [0.3, 0.4) is 0 Å². The van der Waals surface area contributed by atoms with E-state index in [0.29, 0.717) is 36.2 Å². The summed E-state index contributed by atoms with van der Waals surface area (Å²) in [6, 6.07) is 7.86. The van der Waals surface area contributed by atoms with Gasteiger partial charge in [0.25, 0.3) is 0 Å². The Morgan fingerprint density at radius 3 is 2.85 bits per heavy atom. The van der Waals surface area contributed by atoms with E-state index in [-0.39, 0.29) is 18.7 Å². The normalized spacial score (nSPS) is 20.9. The molecule has 1 fully saturated rings. The Kier molecular flexibility index (Phi) is 2.88. The molecule has 2 aromatic rings. The second-order valence-corrected chi connectivity index (χ2v) is 7.03. The molecule has 0 spiro atoms. The van der Waals surface area contributed by atoms with Crippen molar-refractivity contribution in [2.24, 2.45) is 5.92 Å². The van der Waals surface area contributed by atoms with Crippen molar-refractivity contribution in [2.45, 2.75) is 13.0 Å². The molecule has 0 N–H and O–H groups in total. The Hall–Kier alpha value is -3.15. The van der Waals surface area contributed by atoms with Gasteiger partial charge >= 0.3 is 5.97 Å². The van der Waals surface area contributed by atoms with Crippen molar-refractivity contribution in [3.63, 3.8) is 0 Å². The molecule has 27 heavy (non-hydrogen) atoms. The van der Waals surface area contributed by atoms with Crippen LogP contribution in [0.5, 0.6) is 23.0 Å². The van der Waals surface area contributed by atoms with Crippen LogP contribution in [-0.4, -0.2) is 26.5 Å². The first-order valence-electron chi connectivity index (χ1n) is 8.92. The lowest BCUT2D eigenvalue weighted by Crippen LogP contribution is -2.17. The summed E-state index contributed by atoms with van der Waals surface area (Å²) in [4.78, 5) is 12.6. The maximum Gasteiger partial charge on any atom is 0.335 e. The highest BCUT2D eigenvalue weighted by molar-refractivity contribution is 6.07. The zero-order valence-corrected chi connectivity index (χ0v) is 14.7. The Labute approximate surface area is 155 Å². The van der Waals surface area contributed by atoms with Gasteiger partial charge in [0.15, 0.2) is 23.0 Å². The molecule has 6 heteroatoms. The highest BCUT2D eigenvalue weighted by Gasteiger charge is 2.42.